The zero-order chi connectivity index (χ0) is 14.9. The number of hydrogen-bond acceptors (Lipinski definition) is 3. The second-order valence-corrected chi connectivity index (χ2v) is 6.84. The van der Waals surface area contributed by atoms with Crippen LogP contribution in [0.3, 0.4) is 0 Å². The molecule has 4 nitrogen and oxygen atoms in total. The fourth-order valence-corrected chi connectivity index (χ4v) is 2.62. The van der Waals surface area contributed by atoms with E-state index < -0.39 is 5.60 Å². The lowest BCUT2D eigenvalue weighted by atomic mass is 9.97. The molecule has 1 heterocycles. The molecule has 20 heavy (non-hydrogen) atoms. The van der Waals surface area contributed by atoms with Crippen molar-refractivity contribution >= 4 is 22.0 Å². The Morgan fingerprint density at radius 1 is 1.40 bits per heavy atom. The van der Waals surface area contributed by atoms with Crippen LogP contribution >= 0.6 is 15.9 Å². The minimum absolute atomic E-state index is 0.122. The number of carbonyl (C=O) groups is 1. The molecule has 1 aliphatic rings. The Hall–Kier alpha value is -1.07. The number of ether oxygens (including phenoxy) is 2. The van der Waals surface area contributed by atoms with Gasteiger partial charge in [-0.15, -0.1) is 0 Å². The predicted octanol–water partition coefficient (Wildman–Crippen LogP) is 3.89. The highest BCUT2D eigenvalue weighted by Crippen LogP contribution is 2.31. The van der Waals surface area contributed by atoms with Gasteiger partial charge in [-0.2, -0.15) is 0 Å². The smallest absolute Gasteiger partial charge is 0.410 e. The molecule has 0 saturated carbocycles. The normalized spacial score (nSPS) is 18.6. The SMILES string of the molecule is COC1CN(C(=O)OC(C)(C)C)Cc2ccc(Br)cc21. The molecular formula is C15H20BrNO3. The van der Waals surface area contributed by atoms with E-state index in [2.05, 4.69) is 22.0 Å². The first-order chi connectivity index (χ1) is 9.30. The van der Waals surface area contributed by atoms with Gasteiger partial charge in [-0.25, -0.2) is 4.79 Å². The van der Waals surface area contributed by atoms with Crippen molar-refractivity contribution in [1.82, 2.24) is 4.90 Å². The van der Waals surface area contributed by atoms with Crippen molar-refractivity contribution in [2.75, 3.05) is 13.7 Å². The molecule has 1 amide bonds. The number of amides is 1. The number of fused-ring (bicyclic) bond motifs is 1. The van der Waals surface area contributed by atoms with E-state index in [1.54, 1.807) is 12.0 Å². The molecule has 0 bridgehead atoms. The summed E-state index contributed by atoms with van der Waals surface area (Å²) in [6.07, 6.45) is -0.420. The molecule has 0 radical (unpaired) electrons. The van der Waals surface area contributed by atoms with E-state index in [9.17, 15) is 4.79 Å². The summed E-state index contributed by atoms with van der Waals surface area (Å²) < 4.78 is 12.0. The van der Waals surface area contributed by atoms with Crippen LogP contribution in [0.2, 0.25) is 0 Å². The maximum Gasteiger partial charge on any atom is 0.410 e. The average Bonchev–Trinajstić information content (AvgIpc) is 2.35. The van der Waals surface area contributed by atoms with Gasteiger partial charge in [0.1, 0.15) is 11.7 Å². The van der Waals surface area contributed by atoms with Crippen LogP contribution < -0.4 is 0 Å². The Morgan fingerprint density at radius 3 is 2.70 bits per heavy atom. The zero-order valence-corrected chi connectivity index (χ0v) is 13.9. The lowest BCUT2D eigenvalue weighted by Gasteiger charge is -2.35. The standard InChI is InChI=1S/C15H20BrNO3/c1-15(2,3)20-14(18)17-8-10-5-6-11(16)7-12(10)13(9-17)19-4/h5-7,13H,8-9H2,1-4H3. The molecule has 2 rings (SSSR count). The molecule has 1 aromatic rings. The first-order valence-electron chi connectivity index (χ1n) is 6.59. The third kappa shape index (κ3) is 3.52. The van der Waals surface area contributed by atoms with Gasteiger partial charge in [0.05, 0.1) is 6.54 Å². The molecule has 0 aromatic heterocycles. The zero-order valence-electron chi connectivity index (χ0n) is 12.3. The van der Waals surface area contributed by atoms with Crippen LogP contribution in [0.1, 0.15) is 38.0 Å². The highest BCUT2D eigenvalue weighted by molar-refractivity contribution is 9.10. The maximum atomic E-state index is 12.2. The highest BCUT2D eigenvalue weighted by Gasteiger charge is 2.31. The third-order valence-corrected chi connectivity index (χ3v) is 3.63. The van der Waals surface area contributed by atoms with E-state index in [0.29, 0.717) is 13.1 Å². The lowest BCUT2D eigenvalue weighted by Crippen LogP contribution is -2.41. The molecule has 0 N–H and O–H groups in total. The Bertz CT molecular complexity index is 510. The van der Waals surface area contributed by atoms with Crippen LogP contribution in [-0.2, 0) is 16.0 Å². The topological polar surface area (TPSA) is 38.8 Å². The Labute approximate surface area is 128 Å². The monoisotopic (exact) mass is 341 g/mol. The largest absolute Gasteiger partial charge is 0.444 e. The van der Waals surface area contributed by atoms with Gasteiger partial charge in [-0.05, 0) is 44.0 Å². The molecule has 0 spiro atoms. The van der Waals surface area contributed by atoms with Crippen molar-refractivity contribution in [3.8, 4) is 0 Å². The van der Waals surface area contributed by atoms with E-state index >= 15 is 0 Å². The second-order valence-electron chi connectivity index (χ2n) is 5.93. The van der Waals surface area contributed by atoms with Gasteiger partial charge in [0.2, 0.25) is 0 Å². The first kappa shape index (κ1) is 15.3. The number of carbonyl (C=O) groups excluding carboxylic acids is 1. The van der Waals surface area contributed by atoms with E-state index in [0.717, 1.165) is 15.6 Å². The average molecular weight is 342 g/mol. The van der Waals surface area contributed by atoms with Crippen molar-refractivity contribution in [2.24, 2.45) is 0 Å². The van der Waals surface area contributed by atoms with Crippen molar-refractivity contribution in [3.63, 3.8) is 0 Å². The third-order valence-electron chi connectivity index (χ3n) is 3.14. The maximum absolute atomic E-state index is 12.2. The molecule has 0 aliphatic carbocycles. The van der Waals surface area contributed by atoms with Gasteiger partial charge in [-0.3, -0.25) is 0 Å². The summed E-state index contributed by atoms with van der Waals surface area (Å²) in [7, 11) is 1.66. The second kappa shape index (κ2) is 5.74. The molecule has 0 fully saturated rings. The molecule has 0 saturated heterocycles. The number of methoxy groups -OCH3 is 1. The van der Waals surface area contributed by atoms with Crippen LogP contribution in [0, 0.1) is 0 Å². The summed E-state index contributed by atoms with van der Waals surface area (Å²) in [6, 6.07) is 6.04. The molecule has 5 heteroatoms. The number of halogens is 1. The van der Waals surface area contributed by atoms with Crippen molar-refractivity contribution in [3.05, 3.63) is 33.8 Å². The lowest BCUT2D eigenvalue weighted by molar-refractivity contribution is 0.000122. The summed E-state index contributed by atoms with van der Waals surface area (Å²) in [6.45, 7) is 6.67. The Morgan fingerprint density at radius 2 is 2.10 bits per heavy atom. The molecule has 1 unspecified atom stereocenters. The van der Waals surface area contributed by atoms with Gasteiger partial charge >= 0.3 is 6.09 Å². The summed E-state index contributed by atoms with van der Waals surface area (Å²) in [5.41, 5.74) is 1.73. The highest BCUT2D eigenvalue weighted by atomic mass is 79.9. The summed E-state index contributed by atoms with van der Waals surface area (Å²) in [5, 5.41) is 0. The van der Waals surface area contributed by atoms with Crippen LogP contribution in [-0.4, -0.2) is 30.2 Å². The number of rotatable bonds is 1. The van der Waals surface area contributed by atoms with Gasteiger partial charge in [-0.1, -0.05) is 22.0 Å². The van der Waals surface area contributed by atoms with Crippen LogP contribution in [0.15, 0.2) is 22.7 Å². The number of nitrogens with zero attached hydrogens (tertiary/aromatic N) is 1. The van der Waals surface area contributed by atoms with Gasteiger partial charge in [0.15, 0.2) is 0 Å². The van der Waals surface area contributed by atoms with Crippen molar-refractivity contribution < 1.29 is 14.3 Å². The van der Waals surface area contributed by atoms with Crippen molar-refractivity contribution in [2.45, 2.75) is 39.0 Å². The quantitative estimate of drug-likeness (QED) is 0.777. The minimum atomic E-state index is -0.486. The molecule has 1 aliphatic heterocycles. The fraction of sp³-hybridized carbons (Fsp3) is 0.533. The Balaban J connectivity index is 2.21. The first-order valence-corrected chi connectivity index (χ1v) is 7.38. The Kier molecular flexibility index (Phi) is 4.39. The van der Waals surface area contributed by atoms with Gasteiger partial charge in [0, 0.05) is 18.1 Å². The number of hydrogen-bond donors (Lipinski definition) is 0. The van der Waals surface area contributed by atoms with Gasteiger partial charge in [0.25, 0.3) is 0 Å². The molecule has 1 atom stereocenters. The summed E-state index contributed by atoms with van der Waals surface area (Å²) in [5.74, 6) is 0. The molecule has 110 valence electrons. The van der Waals surface area contributed by atoms with Crippen LogP contribution in [0.4, 0.5) is 4.79 Å². The fourth-order valence-electron chi connectivity index (χ4n) is 2.25. The summed E-state index contributed by atoms with van der Waals surface area (Å²) in [4.78, 5) is 13.9. The van der Waals surface area contributed by atoms with E-state index in [1.165, 1.54) is 0 Å². The van der Waals surface area contributed by atoms with Crippen molar-refractivity contribution in [1.29, 1.82) is 0 Å². The summed E-state index contributed by atoms with van der Waals surface area (Å²) >= 11 is 3.47. The van der Waals surface area contributed by atoms with Gasteiger partial charge < -0.3 is 14.4 Å². The van der Waals surface area contributed by atoms with E-state index in [1.807, 2.05) is 32.9 Å². The number of benzene rings is 1. The minimum Gasteiger partial charge on any atom is -0.444 e. The van der Waals surface area contributed by atoms with Crippen LogP contribution in [0.25, 0.3) is 0 Å². The predicted molar refractivity (Wildman–Crippen MR) is 80.5 cm³/mol. The van der Waals surface area contributed by atoms with E-state index in [4.69, 9.17) is 9.47 Å². The molecule has 1 aromatic carbocycles. The van der Waals surface area contributed by atoms with E-state index in [-0.39, 0.29) is 12.2 Å². The van der Waals surface area contributed by atoms with Crippen LogP contribution in [0.5, 0.6) is 0 Å². The molecular weight excluding hydrogens is 322 g/mol.